The number of ether oxygens (including phenoxy) is 3. The van der Waals surface area contributed by atoms with E-state index in [4.69, 9.17) is 14.2 Å². The lowest BCUT2D eigenvalue weighted by molar-refractivity contribution is -0.350. The van der Waals surface area contributed by atoms with Crippen LogP contribution in [-0.2, 0) is 33.4 Å². The van der Waals surface area contributed by atoms with Crippen LogP contribution in [0.2, 0.25) is 0 Å². The molecule has 3 aliphatic carbocycles. The van der Waals surface area contributed by atoms with E-state index in [1.807, 2.05) is 0 Å². The minimum atomic E-state index is -2.67. The molecule has 4 aliphatic heterocycles. The van der Waals surface area contributed by atoms with Crippen molar-refractivity contribution < 1.29 is 48.7 Å². The molecule has 38 heavy (non-hydrogen) atoms. The van der Waals surface area contributed by atoms with Gasteiger partial charge in [-0.25, -0.2) is 4.79 Å². The van der Waals surface area contributed by atoms with Gasteiger partial charge in [0, 0.05) is 6.42 Å². The highest BCUT2D eigenvalue weighted by atomic mass is 16.7. The summed E-state index contributed by atoms with van der Waals surface area (Å²) >= 11 is 0. The molecule has 0 aromatic heterocycles. The molecule has 4 saturated heterocycles. The first kappa shape index (κ1) is 24.6. The van der Waals surface area contributed by atoms with Gasteiger partial charge in [0.1, 0.15) is 11.9 Å². The van der Waals surface area contributed by atoms with Gasteiger partial charge in [-0.1, -0.05) is 32.1 Å². The monoisotopic (exact) mass is 528 g/mol. The van der Waals surface area contributed by atoms with Gasteiger partial charge in [0.25, 0.3) is 0 Å². The Kier molecular flexibility index (Phi) is 4.31. The predicted molar refractivity (Wildman–Crippen MR) is 126 cm³/mol. The fourth-order valence-corrected chi connectivity index (χ4v) is 9.48. The normalized spacial score (nSPS) is 58.1. The third-order valence-corrected chi connectivity index (χ3v) is 11.8. The number of rotatable bonds is 0. The van der Waals surface area contributed by atoms with E-state index in [0.717, 1.165) is 0 Å². The van der Waals surface area contributed by atoms with Crippen molar-refractivity contribution in [3.8, 4) is 0 Å². The molecule has 1 spiro atoms. The Morgan fingerprint density at radius 2 is 1.79 bits per heavy atom. The molecule has 4 bridgehead atoms. The summed E-state index contributed by atoms with van der Waals surface area (Å²) in [6.45, 7) is 6.53. The highest BCUT2D eigenvalue weighted by molar-refractivity contribution is 5.99. The van der Waals surface area contributed by atoms with E-state index in [1.54, 1.807) is 32.9 Å². The van der Waals surface area contributed by atoms with E-state index >= 15 is 0 Å². The average Bonchev–Trinajstić information content (AvgIpc) is 3.19. The first-order valence-corrected chi connectivity index (χ1v) is 13.4. The van der Waals surface area contributed by atoms with Crippen LogP contribution >= 0.6 is 0 Å². The second-order valence-electron chi connectivity index (χ2n) is 13.1. The minimum Gasteiger partial charge on any atom is -0.458 e. The standard InChI is InChI=1S/C28H32O10/c1-12-21(32)36-17-11-23(12,2)19-20(31)27(35)18-14(24(3)13(10-15(18)29)6-5-7-16(24)30)8-9-26(34)22(33)37-25(17,4)28(19,26)38-27/h5-6,10,12,14-15,17-19,29,34-35H,7-9,11H2,1-4H3/t12-,14-,15-,17-,18+,19-,23-,24+,25+,26-,27+,28+/m1/s1. The van der Waals surface area contributed by atoms with Gasteiger partial charge in [-0.3, -0.25) is 14.4 Å². The number of hydrogen-bond acceptors (Lipinski definition) is 10. The summed E-state index contributed by atoms with van der Waals surface area (Å²) in [6, 6.07) is 0. The van der Waals surface area contributed by atoms with E-state index in [2.05, 4.69) is 0 Å². The highest BCUT2D eigenvalue weighted by Crippen LogP contribution is 2.73. The van der Waals surface area contributed by atoms with Crippen molar-refractivity contribution in [1.82, 2.24) is 0 Å². The smallest absolute Gasteiger partial charge is 0.342 e. The number of allylic oxidation sites excluding steroid dienone is 3. The van der Waals surface area contributed by atoms with Crippen LogP contribution in [0.4, 0.5) is 0 Å². The van der Waals surface area contributed by atoms with Gasteiger partial charge in [-0.2, -0.15) is 0 Å². The Morgan fingerprint density at radius 1 is 1.08 bits per heavy atom. The van der Waals surface area contributed by atoms with Gasteiger partial charge in [0.2, 0.25) is 5.79 Å². The molecule has 0 amide bonds. The van der Waals surface area contributed by atoms with Crippen molar-refractivity contribution in [3.63, 3.8) is 0 Å². The van der Waals surface area contributed by atoms with Crippen molar-refractivity contribution in [3.05, 3.63) is 23.8 Å². The number of Topliss-reactive ketones (excluding diaryl/α,β-unsaturated/α-hetero) is 2. The van der Waals surface area contributed by atoms with Crippen LogP contribution in [0.5, 0.6) is 0 Å². The zero-order valence-electron chi connectivity index (χ0n) is 21.7. The highest BCUT2D eigenvalue weighted by Gasteiger charge is 2.92. The summed E-state index contributed by atoms with van der Waals surface area (Å²) in [6.07, 6.45) is 2.64. The maximum absolute atomic E-state index is 14.6. The number of ketones is 2. The zero-order chi connectivity index (χ0) is 27.4. The topological polar surface area (TPSA) is 157 Å². The van der Waals surface area contributed by atoms with Crippen LogP contribution in [-0.4, -0.2) is 73.6 Å². The van der Waals surface area contributed by atoms with Gasteiger partial charge in [-0.15, -0.1) is 0 Å². The second kappa shape index (κ2) is 6.66. The molecule has 3 N–H and O–H groups in total. The van der Waals surface area contributed by atoms with Gasteiger partial charge < -0.3 is 29.5 Å². The van der Waals surface area contributed by atoms with Gasteiger partial charge in [-0.05, 0) is 50.0 Å². The zero-order valence-corrected chi connectivity index (χ0v) is 21.7. The van der Waals surface area contributed by atoms with Crippen LogP contribution in [0, 0.1) is 34.5 Å². The average molecular weight is 529 g/mol. The summed E-state index contributed by atoms with van der Waals surface area (Å²) in [5.41, 5.74) is -8.02. The Hall–Kier alpha value is -2.40. The van der Waals surface area contributed by atoms with Crippen LogP contribution in [0.15, 0.2) is 23.8 Å². The molecule has 0 radical (unpaired) electrons. The predicted octanol–water partition coefficient (Wildman–Crippen LogP) is 0.510. The van der Waals surface area contributed by atoms with E-state index in [1.165, 1.54) is 13.0 Å². The molecule has 7 rings (SSSR count). The molecular formula is C28H32O10. The molecule has 0 aromatic rings. The Balaban J connectivity index is 1.52. The van der Waals surface area contributed by atoms with Gasteiger partial charge in [0.05, 0.1) is 29.3 Å². The van der Waals surface area contributed by atoms with E-state index in [-0.39, 0.29) is 31.5 Å². The molecule has 10 heteroatoms. The molecule has 10 nitrogen and oxygen atoms in total. The second-order valence-corrected chi connectivity index (χ2v) is 13.1. The maximum Gasteiger partial charge on any atom is 0.342 e. The molecule has 1 saturated carbocycles. The number of aliphatic hydroxyl groups excluding tert-OH is 1. The van der Waals surface area contributed by atoms with Crippen molar-refractivity contribution in [2.75, 3.05) is 0 Å². The number of esters is 2. The van der Waals surface area contributed by atoms with Crippen molar-refractivity contribution in [2.45, 2.75) is 88.2 Å². The van der Waals surface area contributed by atoms with Crippen molar-refractivity contribution in [2.24, 2.45) is 34.5 Å². The third-order valence-electron chi connectivity index (χ3n) is 11.8. The fourth-order valence-electron chi connectivity index (χ4n) is 9.48. The van der Waals surface area contributed by atoms with Gasteiger partial charge >= 0.3 is 11.9 Å². The third kappa shape index (κ3) is 2.19. The first-order chi connectivity index (χ1) is 17.6. The lowest BCUT2D eigenvalue weighted by Crippen LogP contribution is -2.78. The molecule has 0 unspecified atom stereocenters. The first-order valence-electron chi connectivity index (χ1n) is 13.4. The number of aliphatic hydroxyl groups is 3. The molecule has 12 atom stereocenters. The van der Waals surface area contributed by atoms with Crippen molar-refractivity contribution in [1.29, 1.82) is 0 Å². The quantitative estimate of drug-likeness (QED) is 0.379. The van der Waals surface area contributed by atoms with Crippen LogP contribution < -0.4 is 0 Å². The minimum absolute atomic E-state index is 0.0287. The molecule has 0 aromatic carbocycles. The van der Waals surface area contributed by atoms with Gasteiger partial charge in [0.15, 0.2) is 22.6 Å². The lowest BCUT2D eigenvalue weighted by atomic mass is 9.46. The lowest BCUT2D eigenvalue weighted by Gasteiger charge is -2.61. The molecule has 7 aliphatic rings. The number of carbonyl (C=O) groups excluding carboxylic acids is 4. The van der Waals surface area contributed by atoms with Crippen LogP contribution in [0.3, 0.4) is 0 Å². The molecular weight excluding hydrogens is 496 g/mol. The number of hydrogen-bond donors (Lipinski definition) is 3. The Morgan fingerprint density at radius 3 is 2.50 bits per heavy atom. The largest absolute Gasteiger partial charge is 0.458 e. The van der Waals surface area contributed by atoms with E-state index < -0.39 is 87.0 Å². The van der Waals surface area contributed by atoms with E-state index in [9.17, 15) is 34.5 Å². The Labute approximate surface area is 219 Å². The summed E-state index contributed by atoms with van der Waals surface area (Å²) in [7, 11) is 0. The molecule has 4 heterocycles. The number of carbonyl (C=O) groups is 4. The SMILES string of the molecule is C[C@@H]1C(=O)O[C@@H]2C[C@@]1(C)[C@H]1C(=O)[C@@]3(O)O[C@@]14[C@@](O)(CC[C@@H]1[C@H]3[C@H](O)C=C3C=CCC(=O)[C@@]31C)C(=O)O[C@@]24C. The van der Waals surface area contributed by atoms with Crippen molar-refractivity contribution >= 4 is 23.5 Å². The summed E-state index contributed by atoms with van der Waals surface area (Å²) in [5, 5.41) is 36.1. The van der Waals surface area contributed by atoms with Crippen LogP contribution in [0.1, 0.15) is 53.4 Å². The Bertz CT molecular complexity index is 1300. The fraction of sp³-hybridized carbons (Fsp3) is 0.714. The maximum atomic E-state index is 14.6. The summed E-state index contributed by atoms with van der Waals surface area (Å²) in [5.74, 6) is -9.49. The molecule has 204 valence electrons. The summed E-state index contributed by atoms with van der Waals surface area (Å²) < 4.78 is 18.0. The summed E-state index contributed by atoms with van der Waals surface area (Å²) in [4.78, 5) is 54.6. The van der Waals surface area contributed by atoms with Crippen LogP contribution in [0.25, 0.3) is 0 Å². The number of fused-ring (bicyclic) bond motifs is 9. The molecule has 5 fully saturated rings. The van der Waals surface area contributed by atoms with E-state index in [0.29, 0.717) is 5.57 Å².